The molecule has 7 amide bonds. The molecule has 5 aliphatic rings. The molecule has 644 valence electrons. The number of carbonyl (C=O) groups is 8. The Morgan fingerprint density at radius 1 is 0.692 bits per heavy atom. The molecule has 37 heteroatoms. The maximum absolute atomic E-state index is 14.9. The van der Waals surface area contributed by atoms with Crippen molar-refractivity contribution in [2.24, 2.45) is 17.6 Å². The number of aromatic hydroxyl groups is 3. The number of ether oxygens (including phenoxy) is 6. The summed E-state index contributed by atoms with van der Waals surface area (Å²) in [4.78, 5) is 112. The molecule has 0 spiro atoms. The maximum Gasteiger partial charge on any atom is 0.330 e. The van der Waals surface area contributed by atoms with Crippen LogP contribution in [0.15, 0.2) is 127 Å². The third kappa shape index (κ3) is 22.4. The first-order chi connectivity index (χ1) is 56.9. The van der Waals surface area contributed by atoms with Crippen LogP contribution in [0.25, 0.3) is 11.1 Å². The van der Waals surface area contributed by atoms with Gasteiger partial charge in [0.05, 0.1) is 63.4 Å². The highest BCUT2D eigenvalue weighted by molar-refractivity contribution is 6.42. The lowest BCUT2D eigenvalue weighted by Crippen LogP contribution is -2.64. The summed E-state index contributed by atoms with van der Waals surface area (Å²) in [5.41, 5.74) is 4.21. The minimum absolute atomic E-state index is 0.0366. The number of phenols is 3. The lowest BCUT2D eigenvalue weighted by molar-refractivity contribution is -0.289. The smallest absolute Gasteiger partial charge is 0.330 e. The third-order valence-electron chi connectivity index (χ3n) is 20.8. The molecule has 0 radical (unpaired) electrons. The number of aliphatic hydroxyl groups is 6. The third-order valence-corrected chi connectivity index (χ3v) is 22.1. The summed E-state index contributed by atoms with van der Waals surface area (Å²) < 4.78 is 39.0. The number of rotatable bonds is 20. The minimum atomic E-state index is -2.20. The van der Waals surface area contributed by atoms with Crippen molar-refractivity contribution < 1.29 is 118 Å². The van der Waals surface area contributed by atoms with Crippen LogP contribution >= 0.6 is 46.4 Å². The van der Waals surface area contributed by atoms with Gasteiger partial charge in [0.15, 0.2) is 23.8 Å². The number of halogens is 4. The van der Waals surface area contributed by atoms with Crippen LogP contribution in [-0.2, 0) is 61.0 Å². The van der Waals surface area contributed by atoms with E-state index < -0.39 is 204 Å². The minimum Gasteiger partial charge on any atom is -0.508 e. The van der Waals surface area contributed by atoms with Gasteiger partial charge in [-0.25, -0.2) is 4.79 Å². The van der Waals surface area contributed by atoms with Gasteiger partial charge in [0.1, 0.15) is 89.7 Å². The molecule has 20 N–H and O–H groups in total. The molecule has 1 saturated carbocycles. The zero-order valence-corrected chi connectivity index (χ0v) is 68.9. The Morgan fingerprint density at radius 3 is 1.96 bits per heavy atom. The van der Waals surface area contributed by atoms with Gasteiger partial charge >= 0.3 is 5.97 Å². The number of nitrogens with two attached hydrogens (primary N) is 1. The highest BCUT2D eigenvalue weighted by Gasteiger charge is 2.51. The molecule has 17 atom stereocenters. The molecule has 7 aromatic rings. The van der Waals surface area contributed by atoms with E-state index in [1.807, 2.05) is 26.0 Å². The van der Waals surface area contributed by atoms with Crippen LogP contribution in [0, 0.1) is 11.8 Å². The van der Waals surface area contributed by atoms with E-state index in [0.29, 0.717) is 15.8 Å². The number of likely N-dealkylation sites (N-methyl/N-ethyl adjacent to an activating group) is 2. The first-order valence-electron chi connectivity index (χ1n) is 38.1. The fourth-order valence-corrected chi connectivity index (χ4v) is 15.0. The number of aliphatic hydroxyl groups excluding tert-OH is 6. The highest BCUT2D eigenvalue weighted by Crippen LogP contribution is 2.49. The number of amides is 7. The van der Waals surface area contributed by atoms with Gasteiger partial charge in [0.2, 0.25) is 47.1 Å². The van der Waals surface area contributed by atoms with Crippen LogP contribution in [0.3, 0.4) is 0 Å². The molecular weight excluding hydrogens is 1650 g/mol. The van der Waals surface area contributed by atoms with Crippen LogP contribution in [0.2, 0.25) is 20.1 Å². The second kappa shape index (κ2) is 40.4. The average Bonchev–Trinajstić information content (AvgIpc) is 0.772. The van der Waals surface area contributed by atoms with Crippen molar-refractivity contribution in [3.63, 3.8) is 0 Å². The van der Waals surface area contributed by atoms with Crippen LogP contribution in [0.1, 0.15) is 124 Å². The zero-order valence-electron chi connectivity index (χ0n) is 65.9. The van der Waals surface area contributed by atoms with Crippen LogP contribution in [0.4, 0.5) is 0 Å². The lowest BCUT2D eigenvalue weighted by Gasteiger charge is -2.48. The molecule has 1 saturated heterocycles. The molecule has 4 heterocycles. The molecule has 120 heavy (non-hydrogen) atoms. The zero-order chi connectivity index (χ0) is 87.5. The van der Waals surface area contributed by atoms with Gasteiger partial charge < -0.3 is 128 Å². The van der Waals surface area contributed by atoms with E-state index in [4.69, 9.17) is 80.6 Å². The van der Waals surface area contributed by atoms with Gasteiger partial charge in [-0.3, -0.25) is 33.6 Å². The Morgan fingerprint density at radius 2 is 1.34 bits per heavy atom. The normalized spacial score (nSPS) is 25.4. The molecular formula is C83H95Cl4N9O24. The van der Waals surface area contributed by atoms with Gasteiger partial charge in [-0.15, -0.1) is 0 Å². The number of aliphatic carboxylic acids is 1. The summed E-state index contributed by atoms with van der Waals surface area (Å²) in [6, 6.07) is 18.5. The van der Waals surface area contributed by atoms with Gasteiger partial charge in [-0.2, -0.15) is 0 Å². The molecule has 1 aliphatic carbocycles. The summed E-state index contributed by atoms with van der Waals surface area (Å²) in [5.74, 6) is -13.4. The van der Waals surface area contributed by atoms with Gasteiger partial charge in [-0.05, 0) is 153 Å². The molecule has 12 rings (SSSR count). The summed E-state index contributed by atoms with van der Waals surface area (Å²) in [7, 11) is 2.68. The number of carboxylic acid groups (broad SMARTS) is 1. The molecule has 4 aliphatic heterocycles. The molecule has 10 unspecified atom stereocenters. The van der Waals surface area contributed by atoms with Crippen molar-refractivity contribution in [1.29, 1.82) is 0 Å². The number of benzene rings is 7. The van der Waals surface area contributed by atoms with E-state index in [0.717, 1.165) is 42.3 Å². The number of hydrogen-bond donors (Lipinski definition) is 19. The molecule has 8 bridgehead atoms. The van der Waals surface area contributed by atoms with Crippen molar-refractivity contribution in [3.8, 4) is 62.9 Å². The monoisotopic (exact) mass is 1740 g/mol. The van der Waals surface area contributed by atoms with Crippen molar-refractivity contribution in [2.45, 2.75) is 177 Å². The van der Waals surface area contributed by atoms with E-state index >= 15 is 0 Å². The Hall–Kier alpha value is -10.3. The Bertz CT molecular complexity index is 4920. The van der Waals surface area contributed by atoms with Crippen LogP contribution < -0.4 is 67.2 Å². The number of carboxylic acids is 1. The summed E-state index contributed by atoms with van der Waals surface area (Å²) >= 11 is 26.4. The number of para-hydroxylation sites is 1. The number of carbonyl (C=O) groups excluding carboxylic acids is 7. The maximum atomic E-state index is 14.9. The predicted molar refractivity (Wildman–Crippen MR) is 436 cm³/mol. The van der Waals surface area contributed by atoms with Gasteiger partial charge in [-0.1, -0.05) is 103 Å². The van der Waals surface area contributed by atoms with Crippen molar-refractivity contribution in [3.05, 3.63) is 181 Å². The average molecular weight is 1740 g/mol. The first kappa shape index (κ1) is 92.0. The Labute approximate surface area is 709 Å². The first-order valence-corrected chi connectivity index (χ1v) is 39.7. The van der Waals surface area contributed by atoms with E-state index in [1.54, 1.807) is 44.2 Å². The van der Waals surface area contributed by atoms with E-state index in [2.05, 4.69) is 42.5 Å². The molecule has 7 aromatic carbocycles. The van der Waals surface area contributed by atoms with Crippen molar-refractivity contribution >= 4 is 93.7 Å². The van der Waals surface area contributed by atoms with Crippen LogP contribution in [-0.4, -0.2) is 192 Å². The molecule has 2 fully saturated rings. The molecule has 0 aromatic heterocycles. The van der Waals surface area contributed by atoms with E-state index in [1.165, 1.54) is 74.8 Å². The Kier molecular flexibility index (Phi) is 30.9. The summed E-state index contributed by atoms with van der Waals surface area (Å²) in [6.07, 6.45) is -15.5. The molecule has 33 nitrogen and oxygen atoms in total. The largest absolute Gasteiger partial charge is 0.508 e. The second-order valence-electron chi connectivity index (χ2n) is 30.1. The lowest BCUT2D eigenvalue weighted by atomic mass is 9.80. The van der Waals surface area contributed by atoms with Crippen molar-refractivity contribution in [2.75, 3.05) is 20.7 Å². The number of hydrogen-bond acceptors (Lipinski definition) is 25. The standard InChI is InChI=1S/C83H95Cl4N9O24/c1-37(2)23-54(89-6)78(109)96-70-71(104)44-16-22-60(53(87)27-44)118-62-10-8-9-61(74(62)119-63-28-45(35-97)72(105)73(106)75(63)120-66-33-83(5,76(107)39(4)116-66)91-34-40-11-17-47(18-12-40)115-36-41-13-19-50(84)51(85)24-41)117-59-21-15-42(26-52(59)86)57(100)32-65(103)94-69(82(113)114)49-29-46(98)30-58(101)67(49)48-25-43(14-20-56(48)99)68(80(111)90-7)95-77(108)38(3)92-79(110)55(31-64(88)102)93-81(70)112/h8-22,24-27,29-30,37-39,45,54-55,57,63,66,68-73,75-76,89,91,97-101,104-107H,23,28,31-36H2,1-7H3,(H2,88,102)(H,90,111)(H,92,110)(H,93,112)(H,94,103)(H,95,108)(H,96,109)(H,113,114)/t38-,39?,45?,54-,55+,57+,63?,66?,68?,69+,70-,71-,72?,73?,75?,76?,83?/m1/s1. The van der Waals surface area contributed by atoms with Gasteiger partial charge in [0, 0.05) is 60.8 Å². The van der Waals surface area contributed by atoms with Crippen molar-refractivity contribution in [1.82, 2.24) is 42.5 Å². The van der Waals surface area contributed by atoms with Gasteiger partial charge in [0.25, 0.3) is 0 Å². The quantitative estimate of drug-likeness (QED) is 0.0389. The van der Waals surface area contributed by atoms with Crippen LogP contribution in [0.5, 0.6) is 51.7 Å². The Balaban J connectivity index is 1.03. The summed E-state index contributed by atoms with van der Waals surface area (Å²) in [6.45, 7) is 7.94. The highest BCUT2D eigenvalue weighted by atomic mass is 35.5. The van der Waals surface area contributed by atoms with E-state index in [-0.39, 0.29) is 93.8 Å². The number of primary amides is 1. The second-order valence-corrected chi connectivity index (χ2v) is 31.8. The number of fused-ring (bicyclic) bond motifs is 2. The number of phenolic OH excluding ortho intramolecular Hbond substituents is 3. The summed E-state index contributed by atoms with van der Waals surface area (Å²) in [5, 5.41) is 136. The number of nitrogens with one attached hydrogen (secondary N) is 8. The fraction of sp³-hybridized carbons (Fsp3) is 0.398. The fourth-order valence-electron chi connectivity index (χ4n) is 14.3. The van der Waals surface area contributed by atoms with E-state index in [9.17, 15) is 89.4 Å². The predicted octanol–water partition coefficient (Wildman–Crippen LogP) is 6.46. The topological polar surface area (TPSA) is 517 Å². The SMILES string of the molecule is CNC(=O)C1NC(=O)[C@@H](C)NC(=O)[C@H](CC(N)=O)NC(=O)[C@H](NC(=O)[C@@H](CC(C)C)NC)[C@H](O)c2ccc(c(Cl)c2)Oc2cccc(c2OC2CC(CO)C(O)C(O)C2OC2CC(C)(NCc3ccc(OCc4ccc(Cl)c(Cl)c4)cc3)C(O)C(C)O2)Oc2ccc(cc2Cl)[C@@H](O)CC(=O)N[C@H](C(=O)O)c2cc(O)cc(O)c2-c2cc1ccc2O.